The Labute approximate surface area is 110 Å². The van der Waals surface area contributed by atoms with Gasteiger partial charge in [0.2, 0.25) is 0 Å². The molecule has 0 saturated carbocycles. The van der Waals surface area contributed by atoms with Gasteiger partial charge in [-0.1, -0.05) is 6.07 Å². The fraction of sp³-hybridized carbons (Fsp3) is 0.0714. The molecule has 0 aliphatic rings. The monoisotopic (exact) mass is 252 g/mol. The molecule has 19 heavy (non-hydrogen) atoms. The summed E-state index contributed by atoms with van der Waals surface area (Å²) in [5, 5.41) is 11.5. The van der Waals surface area contributed by atoms with Crippen molar-refractivity contribution < 1.29 is 4.79 Å². The lowest BCUT2D eigenvalue weighted by atomic mass is 10.2. The first-order valence-electron chi connectivity index (χ1n) is 5.64. The Morgan fingerprint density at radius 2 is 2.21 bits per heavy atom. The van der Waals surface area contributed by atoms with Gasteiger partial charge in [-0.05, 0) is 31.2 Å². The van der Waals surface area contributed by atoms with E-state index < -0.39 is 0 Å². The van der Waals surface area contributed by atoms with Gasteiger partial charge in [-0.3, -0.25) is 9.78 Å². The SMILES string of the molecule is Cc1cc(N)c(C(=O)Nc2cccc(C#N)c2)cn1. The van der Waals surface area contributed by atoms with E-state index in [0.717, 1.165) is 5.69 Å². The Bertz CT molecular complexity index is 673. The zero-order chi connectivity index (χ0) is 13.8. The van der Waals surface area contributed by atoms with Crippen LogP contribution in [-0.4, -0.2) is 10.9 Å². The van der Waals surface area contributed by atoms with Crippen molar-refractivity contribution in [2.24, 2.45) is 0 Å². The Morgan fingerprint density at radius 3 is 2.89 bits per heavy atom. The van der Waals surface area contributed by atoms with E-state index in [9.17, 15) is 4.79 Å². The molecule has 3 N–H and O–H groups in total. The summed E-state index contributed by atoms with van der Waals surface area (Å²) < 4.78 is 0. The van der Waals surface area contributed by atoms with Gasteiger partial charge in [0, 0.05) is 23.3 Å². The largest absolute Gasteiger partial charge is 0.398 e. The molecule has 5 nitrogen and oxygen atoms in total. The van der Waals surface area contributed by atoms with Crippen molar-refractivity contribution in [2.45, 2.75) is 6.92 Å². The molecule has 0 aliphatic heterocycles. The molecule has 0 unspecified atom stereocenters. The summed E-state index contributed by atoms with van der Waals surface area (Å²) in [7, 11) is 0. The number of hydrogen-bond donors (Lipinski definition) is 2. The van der Waals surface area contributed by atoms with Crippen molar-refractivity contribution in [3.8, 4) is 6.07 Å². The Balaban J connectivity index is 2.23. The predicted molar refractivity (Wildman–Crippen MR) is 72.5 cm³/mol. The lowest BCUT2D eigenvalue weighted by Gasteiger charge is -2.07. The molecule has 0 bridgehead atoms. The first kappa shape index (κ1) is 12.6. The average Bonchev–Trinajstić information content (AvgIpc) is 2.38. The van der Waals surface area contributed by atoms with E-state index in [4.69, 9.17) is 11.0 Å². The van der Waals surface area contributed by atoms with Crippen LogP contribution in [0.15, 0.2) is 36.5 Å². The van der Waals surface area contributed by atoms with Gasteiger partial charge in [0.1, 0.15) is 0 Å². The summed E-state index contributed by atoms with van der Waals surface area (Å²) in [6, 6.07) is 10.3. The molecule has 2 aromatic rings. The van der Waals surface area contributed by atoms with E-state index in [2.05, 4.69) is 10.3 Å². The van der Waals surface area contributed by atoms with Gasteiger partial charge in [0.15, 0.2) is 0 Å². The van der Waals surface area contributed by atoms with Gasteiger partial charge >= 0.3 is 0 Å². The molecule has 94 valence electrons. The van der Waals surface area contributed by atoms with Crippen molar-refractivity contribution in [3.63, 3.8) is 0 Å². The van der Waals surface area contributed by atoms with Crippen LogP contribution in [-0.2, 0) is 0 Å². The lowest BCUT2D eigenvalue weighted by Crippen LogP contribution is -2.14. The fourth-order valence-electron chi connectivity index (χ4n) is 1.64. The normalized spacial score (nSPS) is 9.68. The average molecular weight is 252 g/mol. The van der Waals surface area contributed by atoms with Crippen molar-refractivity contribution in [1.29, 1.82) is 5.26 Å². The van der Waals surface area contributed by atoms with Gasteiger partial charge in [-0.2, -0.15) is 5.26 Å². The second-order valence-electron chi connectivity index (χ2n) is 4.06. The number of nitrogens with two attached hydrogens (primary N) is 1. The fourth-order valence-corrected chi connectivity index (χ4v) is 1.64. The number of pyridine rings is 1. The van der Waals surface area contributed by atoms with Crippen LogP contribution in [0.2, 0.25) is 0 Å². The smallest absolute Gasteiger partial charge is 0.259 e. The molecule has 0 fully saturated rings. The number of nitrogen functional groups attached to an aromatic ring is 1. The molecule has 0 aliphatic carbocycles. The second kappa shape index (κ2) is 5.19. The zero-order valence-electron chi connectivity index (χ0n) is 10.3. The quantitative estimate of drug-likeness (QED) is 0.856. The molecular weight excluding hydrogens is 240 g/mol. The molecule has 0 spiro atoms. The number of benzene rings is 1. The number of nitrogens with zero attached hydrogens (tertiary/aromatic N) is 2. The van der Waals surface area contributed by atoms with Crippen molar-refractivity contribution in [2.75, 3.05) is 11.1 Å². The van der Waals surface area contributed by atoms with Crippen LogP contribution in [0.1, 0.15) is 21.6 Å². The number of aryl methyl sites for hydroxylation is 1. The number of nitriles is 1. The topological polar surface area (TPSA) is 91.8 Å². The van der Waals surface area contributed by atoms with E-state index in [-0.39, 0.29) is 5.91 Å². The summed E-state index contributed by atoms with van der Waals surface area (Å²) in [5.74, 6) is -0.347. The third kappa shape index (κ3) is 2.87. The highest BCUT2D eigenvalue weighted by molar-refractivity contribution is 6.07. The number of carbonyl (C=O) groups excluding carboxylic acids is 1. The number of amides is 1. The van der Waals surface area contributed by atoms with E-state index in [1.165, 1.54) is 6.20 Å². The van der Waals surface area contributed by atoms with Crippen molar-refractivity contribution >= 4 is 17.3 Å². The van der Waals surface area contributed by atoms with Crippen LogP contribution in [0.3, 0.4) is 0 Å². The standard InChI is InChI=1S/C14H12N4O/c1-9-5-13(16)12(8-17-9)14(19)18-11-4-2-3-10(6-11)7-15/h2-6,8H,1H3,(H2,16,17)(H,18,19). The maximum atomic E-state index is 12.0. The number of nitrogens with one attached hydrogen (secondary N) is 1. The Hall–Kier alpha value is -2.87. The van der Waals surface area contributed by atoms with E-state index in [0.29, 0.717) is 22.5 Å². The predicted octanol–water partition coefficient (Wildman–Crippen LogP) is 2.10. The minimum Gasteiger partial charge on any atom is -0.398 e. The van der Waals surface area contributed by atoms with Gasteiger partial charge < -0.3 is 11.1 Å². The highest BCUT2D eigenvalue weighted by Gasteiger charge is 2.10. The zero-order valence-corrected chi connectivity index (χ0v) is 10.3. The number of aromatic nitrogens is 1. The van der Waals surface area contributed by atoms with Crippen molar-refractivity contribution in [3.05, 3.63) is 53.3 Å². The summed E-state index contributed by atoms with van der Waals surface area (Å²) in [6.45, 7) is 1.80. The third-order valence-electron chi connectivity index (χ3n) is 2.57. The van der Waals surface area contributed by atoms with E-state index in [1.54, 1.807) is 37.3 Å². The van der Waals surface area contributed by atoms with Crippen molar-refractivity contribution in [1.82, 2.24) is 4.98 Å². The van der Waals surface area contributed by atoms with Crippen LogP contribution in [0.5, 0.6) is 0 Å². The highest BCUT2D eigenvalue weighted by Crippen LogP contribution is 2.15. The summed E-state index contributed by atoms with van der Waals surface area (Å²) >= 11 is 0. The number of rotatable bonds is 2. The molecule has 1 aromatic carbocycles. The molecule has 0 saturated heterocycles. The Morgan fingerprint density at radius 1 is 1.42 bits per heavy atom. The molecule has 1 amide bonds. The maximum absolute atomic E-state index is 12.0. The summed E-state index contributed by atoms with van der Waals surface area (Å²) in [6.07, 6.45) is 1.44. The molecular formula is C14H12N4O. The van der Waals surface area contributed by atoms with Crippen LogP contribution in [0.25, 0.3) is 0 Å². The maximum Gasteiger partial charge on any atom is 0.259 e. The van der Waals surface area contributed by atoms with Gasteiger partial charge in [-0.25, -0.2) is 0 Å². The van der Waals surface area contributed by atoms with Crippen LogP contribution < -0.4 is 11.1 Å². The van der Waals surface area contributed by atoms with Gasteiger partial charge in [0.25, 0.3) is 5.91 Å². The van der Waals surface area contributed by atoms with Gasteiger partial charge in [-0.15, -0.1) is 0 Å². The third-order valence-corrected chi connectivity index (χ3v) is 2.57. The lowest BCUT2D eigenvalue weighted by molar-refractivity contribution is 0.102. The Kier molecular flexibility index (Phi) is 3.44. The van der Waals surface area contributed by atoms with Crippen LogP contribution in [0.4, 0.5) is 11.4 Å². The summed E-state index contributed by atoms with van der Waals surface area (Å²) in [5.41, 5.74) is 8.24. The minimum absolute atomic E-state index is 0.313. The second-order valence-corrected chi connectivity index (χ2v) is 4.06. The first-order valence-corrected chi connectivity index (χ1v) is 5.64. The van der Waals surface area contributed by atoms with E-state index >= 15 is 0 Å². The molecule has 0 radical (unpaired) electrons. The molecule has 1 heterocycles. The molecule has 2 rings (SSSR count). The molecule has 5 heteroatoms. The number of hydrogen-bond acceptors (Lipinski definition) is 4. The molecule has 1 aromatic heterocycles. The summed E-state index contributed by atoms with van der Waals surface area (Å²) in [4.78, 5) is 16.1. The van der Waals surface area contributed by atoms with Gasteiger partial charge in [0.05, 0.1) is 17.2 Å². The van der Waals surface area contributed by atoms with E-state index in [1.807, 2.05) is 6.07 Å². The van der Waals surface area contributed by atoms with Crippen LogP contribution >= 0.6 is 0 Å². The highest BCUT2D eigenvalue weighted by atomic mass is 16.1. The first-order chi connectivity index (χ1) is 9.10. The molecule has 0 atom stereocenters. The number of anilines is 2. The minimum atomic E-state index is -0.347. The van der Waals surface area contributed by atoms with Crippen LogP contribution in [0, 0.1) is 18.3 Å². The number of carbonyl (C=O) groups is 1.